The van der Waals surface area contributed by atoms with Crippen molar-refractivity contribution in [1.82, 2.24) is 0 Å². The third-order valence-corrected chi connectivity index (χ3v) is 3.26. The summed E-state index contributed by atoms with van der Waals surface area (Å²) in [6.07, 6.45) is 0.417. The molecule has 0 fully saturated rings. The smallest absolute Gasteiger partial charge is 0.265 e. The number of aryl methyl sites for hydroxylation is 1. The van der Waals surface area contributed by atoms with E-state index in [1.54, 1.807) is 6.92 Å². The first-order valence-electron chi connectivity index (χ1n) is 4.10. The summed E-state index contributed by atoms with van der Waals surface area (Å²) in [6.45, 7) is 1.74. The highest BCUT2D eigenvalue weighted by atomic mass is 35.7. The van der Waals surface area contributed by atoms with Crippen LogP contribution in [0, 0.1) is 11.3 Å². The Labute approximate surface area is 92.1 Å². The summed E-state index contributed by atoms with van der Waals surface area (Å²) in [7, 11) is 1.10. The summed E-state index contributed by atoms with van der Waals surface area (Å²) < 4.78 is 22.2. The van der Waals surface area contributed by atoms with Crippen LogP contribution in [0.1, 0.15) is 18.1 Å². The van der Waals surface area contributed by atoms with Crippen molar-refractivity contribution in [3.8, 4) is 11.8 Å². The third kappa shape index (κ3) is 2.41. The second-order valence-corrected chi connectivity index (χ2v) is 5.42. The number of phenols is 1. The molecule has 4 nitrogen and oxygen atoms in total. The minimum Gasteiger partial charge on any atom is -0.506 e. The van der Waals surface area contributed by atoms with E-state index in [1.165, 1.54) is 6.07 Å². The summed E-state index contributed by atoms with van der Waals surface area (Å²) in [4.78, 5) is -0.417. The Bertz CT molecular complexity index is 531. The molecule has 0 bridgehead atoms. The summed E-state index contributed by atoms with van der Waals surface area (Å²) in [6, 6.07) is 4.29. The molecule has 1 aromatic carbocycles. The maximum Gasteiger partial charge on any atom is 0.265 e. The van der Waals surface area contributed by atoms with E-state index in [9.17, 15) is 13.5 Å². The standard InChI is InChI=1S/C9H8ClNO3S/c1-2-7-3-6(5-11)4-8(9(7)12)15(10,13)14/h3-4,12H,2H2,1H3. The zero-order valence-corrected chi connectivity index (χ0v) is 9.43. The quantitative estimate of drug-likeness (QED) is 0.806. The molecule has 0 atom stereocenters. The number of hydrogen-bond donors (Lipinski definition) is 1. The first-order valence-corrected chi connectivity index (χ1v) is 6.41. The normalized spacial score (nSPS) is 11.0. The zero-order chi connectivity index (χ0) is 11.6. The van der Waals surface area contributed by atoms with Gasteiger partial charge in [0.05, 0.1) is 11.6 Å². The minimum absolute atomic E-state index is 0.156. The Morgan fingerprint density at radius 3 is 2.53 bits per heavy atom. The summed E-state index contributed by atoms with van der Waals surface area (Å²) in [5.41, 5.74) is 0.539. The predicted molar refractivity (Wildman–Crippen MR) is 55.2 cm³/mol. The number of phenolic OH excluding ortho intramolecular Hbond substituents is 1. The molecule has 0 amide bonds. The maximum atomic E-state index is 11.1. The van der Waals surface area contributed by atoms with Crippen molar-refractivity contribution in [3.63, 3.8) is 0 Å². The largest absolute Gasteiger partial charge is 0.506 e. The molecular weight excluding hydrogens is 238 g/mol. The van der Waals surface area contributed by atoms with E-state index < -0.39 is 13.9 Å². The van der Waals surface area contributed by atoms with Gasteiger partial charge in [-0.25, -0.2) is 8.42 Å². The van der Waals surface area contributed by atoms with Crippen LogP contribution >= 0.6 is 10.7 Å². The van der Waals surface area contributed by atoms with Gasteiger partial charge in [0.15, 0.2) is 0 Å². The molecule has 1 N–H and O–H groups in total. The fourth-order valence-corrected chi connectivity index (χ4v) is 2.17. The molecule has 0 heterocycles. The van der Waals surface area contributed by atoms with Crippen LogP contribution in [0.4, 0.5) is 0 Å². The number of benzene rings is 1. The van der Waals surface area contributed by atoms with Crippen molar-refractivity contribution in [2.75, 3.05) is 0 Å². The van der Waals surface area contributed by atoms with Crippen LogP contribution < -0.4 is 0 Å². The number of aromatic hydroxyl groups is 1. The lowest BCUT2D eigenvalue weighted by atomic mass is 10.1. The lowest BCUT2D eigenvalue weighted by Gasteiger charge is -2.06. The lowest BCUT2D eigenvalue weighted by Crippen LogP contribution is -1.96. The van der Waals surface area contributed by atoms with Gasteiger partial charge in [-0.1, -0.05) is 6.92 Å². The summed E-state index contributed by atoms with van der Waals surface area (Å²) in [5.74, 6) is -0.383. The fourth-order valence-electron chi connectivity index (χ4n) is 1.19. The van der Waals surface area contributed by atoms with Crippen LogP contribution in [0.3, 0.4) is 0 Å². The molecule has 0 saturated carbocycles. The monoisotopic (exact) mass is 245 g/mol. The molecule has 0 aliphatic rings. The fraction of sp³-hybridized carbons (Fsp3) is 0.222. The van der Waals surface area contributed by atoms with Crippen molar-refractivity contribution in [3.05, 3.63) is 23.3 Å². The van der Waals surface area contributed by atoms with Crippen LogP contribution in [-0.2, 0) is 15.5 Å². The van der Waals surface area contributed by atoms with Gasteiger partial charge in [-0.3, -0.25) is 0 Å². The predicted octanol–water partition coefficient (Wildman–Crippen LogP) is 1.75. The first-order chi connectivity index (χ1) is 6.90. The van der Waals surface area contributed by atoms with Crippen molar-refractivity contribution < 1.29 is 13.5 Å². The molecule has 0 radical (unpaired) electrons. The lowest BCUT2D eigenvalue weighted by molar-refractivity contribution is 0.453. The Kier molecular flexibility index (Phi) is 3.22. The van der Waals surface area contributed by atoms with Gasteiger partial charge in [-0.05, 0) is 24.1 Å². The molecule has 0 aromatic heterocycles. The SMILES string of the molecule is CCc1cc(C#N)cc(S(=O)(=O)Cl)c1O. The van der Waals surface area contributed by atoms with Gasteiger partial charge in [0.25, 0.3) is 9.05 Å². The van der Waals surface area contributed by atoms with Crippen LogP contribution in [0.5, 0.6) is 5.75 Å². The number of nitrogens with zero attached hydrogens (tertiary/aromatic N) is 1. The molecule has 0 saturated heterocycles. The van der Waals surface area contributed by atoms with Gasteiger partial charge in [-0.2, -0.15) is 5.26 Å². The molecule has 80 valence electrons. The van der Waals surface area contributed by atoms with E-state index in [2.05, 4.69) is 0 Å². The molecule has 1 rings (SSSR count). The van der Waals surface area contributed by atoms with Crippen molar-refractivity contribution in [2.45, 2.75) is 18.2 Å². The highest BCUT2D eigenvalue weighted by Crippen LogP contribution is 2.31. The van der Waals surface area contributed by atoms with Crippen molar-refractivity contribution >= 4 is 19.7 Å². The van der Waals surface area contributed by atoms with Crippen molar-refractivity contribution in [2.24, 2.45) is 0 Å². The van der Waals surface area contributed by atoms with E-state index >= 15 is 0 Å². The zero-order valence-electron chi connectivity index (χ0n) is 7.86. The Hall–Kier alpha value is -1.25. The van der Waals surface area contributed by atoms with Gasteiger partial charge in [-0.15, -0.1) is 0 Å². The van der Waals surface area contributed by atoms with Gasteiger partial charge >= 0.3 is 0 Å². The molecule has 0 aliphatic carbocycles. The Balaban J connectivity index is 3.60. The topological polar surface area (TPSA) is 78.2 Å². The molecule has 6 heteroatoms. The maximum absolute atomic E-state index is 11.1. The van der Waals surface area contributed by atoms with Gasteiger partial charge in [0.2, 0.25) is 0 Å². The van der Waals surface area contributed by atoms with E-state index in [4.69, 9.17) is 15.9 Å². The number of rotatable bonds is 2. The van der Waals surface area contributed by atoms with E-state index in [-0.39, 0.29) is 11.3 Å². The van der Waals surface area contributed by atoms with Crippen molar-refractivity contribution in [1.29, 1.82) is 5.26 Å². The number of hydrogen-bond acceptors (Lipinski definition) is 4. The molecule has 15 heavy (non-hydrogen) atoms. The second-order valence-electron chi connectivity index (χ2n) is 2.89. The molecule has 0 spiro atoms. The van der Waals surface area contributed by atoms with Crippen LogP contribution in [-0.4, -0.2) is 13.5 Å². The average molecular weight is 246 g/mol. The van der Waals surface area contributed by atoms with Gasteiger partial charge in [0.1, 0.15) is 10.6 Å². The van der Waals surface area contributed by atoms with Crippen LogP contribution in [0.2, 0.25) is 0 Å². The molecule has 1 aromatic rings. The van der Waals surface area contributed by atoms with Gasteiger partial charge in [0, 0.05) is 10.7 Å². The first kappa shape index (κ1) is 11.8. The molecule has 0 aliphatic heterocycles. The van der Waals surface area contributed by atoms with Crippen LogP contribution in [0.15, 0.2) is 17.0 Å². The Morgan fingerprint density at radius 1 is 1.53 bits per heavy atom. The highest BCUT2D eigenvalue weighted by Gasteiger charge is 2.19. The molecule has 0 unspecified atom stereocenters. The minimum atomic E-state index is -4.03. The Morgan fingerprint density at radius 2 is 2.13 bits per heavy atom. The van der Waals surface area contributed by atoms with Gasteiger partial charge < -0.3 is 5.11 Å². The summed E-state index contributed by atoms with van der Waals surface area (Å²) >= 11 is 0. The van der Waals surface area contributed by atoms with E-state index in [1.807, 2.05) is 6.07 Å². The summed E-state index contributed by atoms with van der Waals surface area (Å²) in [5, 5.41) is 18.2. The van der Waals surface area contributed by atoms with E-state index in [0.717, 1.165) is 6.07 Å². The molecular formula is C9H8ClNO3S. The van der Waals surface area contributed by atoms with Crippen LogP contribution in [0.25, 0.3) is 0 Å². The second kappa shape index (κ2) is 4.09. The number of nitriles is 1. The van der Waals surface area contributed by atoms with E-state index in [0.29, 0.717) is 12.0 Å². The third-order valence-electron chi connectivity index (χ3n) is 1.93. The highest BCUT2D eigenvalue weighted by molar-refractivity contribution is 8.13. The number of halogens is 1. The average Bonchev–Trinajstić information content (AvgIpc) is 2.16.